The fourth-order valence-electron chi connectivity index (χ4n) is 1.26. The summed E-state index contributed by atoms with van der Waals surface area (Å²) >= 11 is 0. The van der Waals surface area contributed by atoms with Crippen LogP contribution in [-0.2, 0) is 4.74 Å². The third-order valence-corrected chi connectivity index (χ3v) is 1.79. The zero-order chi connectivity index (χ0) is 8.55. The van der Waals surface area contributed by atoms with Crippen LogP contribution in [0.15, 0.2) is 24.3 Å². The Balaban J connectivity index is 2.47. The summed E-state index contributed by atoms with van der Waals surface area (Å²) in [4.78, 5) is 11.2. The van der Waals surface area contributed by atoms with Crippen LogP contribution in [0.25, 0.3) is 0 Å². The van der Waals surface area contributed by atoms with E-state index >= 15 is 0 Å². The number of carbonyl (C=O) groups excluding carboxylic acids is 1. The molecule has 62 valence electrons. The summed E-state index contributed by atoms with van der Waals surface area (Å²) in [5.41, 5.74) is 1.46. The molecule has 1 aromatic rings. The maximum absolute atomic E-state index is 11.2. The number of anilines is 1. The lowest BCUT2D eigenvalue weighted by Gasteiger charge is -2.23. The third-order valence-electron chi connectivity index (χ3n) is 1.79. The summed E-state index contributed by atoms with van der Waals surface area (Å²) < 4.78 is 4.96. The molecule has 0 saturated carbocycles. The average Bonchev–Trinajstić information content (AvgIpc) is 2.04. The molecule has 1 N–H and O–H groups in total. The van der Waals surface area contributed by atoms with Gasteiger partial charge in [-0.15, -0.1) is 0 Å². The van der Waals surface area contributed by atoms with E-state index < -0.39 is 0 Å². The van der Waals surface area contributed by atoms with E-state index in [1.807, 2.05) is 18.2 Å². The smallest absolute Gasteiger partial charge is 0.342 e. The van der Waals surface area contributed by atoms with Gasteiger partial charge in [0.2, 0.25) is 0 Å². The molecule has 1 atom stereocenters. The zero-order valence-electron chi connectivity index (χ0n) is 6.70. The maximum Gasteiger partial charge on any atom is 0.342 e. The number of ether oxygens (including phenoxy) is 1. The van der Waals surface area contributed by atoms with Crippen molar-refractivity contribution in [3.63, 3.8) is 0 Å². The SMILES string of the molecule is C[C@@H]1Nc2ccccc2C(=O)O1. The number of carbonyl (C=O) groups is 1. The predicted octanol–water partition coefficient (Wildman–Crippen LogP) is 1.61. The van der Waals surface area contributed by atoms with Gasteiger partial charge in [0.25, 0.3) is 0 Å². The van der Waals surface area contributed by atoms with Crippen molar-refractivity contribution in [1.82, 2.24) is 0 Å². The molecule has 1 heterocycles. The van der Waals surface area contributed by atoms with Gasteiger partial charge in [-0.2, -0.15) is 0 Å². The van der Waals surface area contributed by atoms with Gasteiger partial charge >= 0.3 is 5.97 Å². The van der Waals surface area contributed by atoms with Crippen LogP contribution >= 0.6 is 0 Å². The second-order valence-corrected chi connectivity index (χ2v) is 2.74. The van der Waals surface area contributed by atoms with E-state index in [0.29, 0.717) is 5.56 Å². The number of para-hydroxylation sites is 1. The van der Waals surface area contributed by atoms with Gasteiger partial charge in [0.15, 0.2) is 6.23 Å². The van der Waals surface area contributed by atoms with E-state index in [9.17, 15) is 4.79 Å². The van der Waals surface area contributed by atoms with Crippen LogP contribution in [0.1, 0.15) is 17.3 Å². The molecule has 0 aromatic heterocycles. The summed E-state index contributed by atoms with van der Waals surface area (Å²) in [6.45, 7) is 1.80. The molecule has 1 aliphatic rings. The molecule has 0 spiro atoms. The molecule has 0 aliphatic carbocycles. The molecule has 0 amide bonds. The van der Waals surface area contributed by atoms with Crippen LogP contribution in [0.4, 0.5) is 5.69 Å². The molecule has 3 heteroatoms. The Bertz CT molecular complexity index is 322. The molecule has 3 nitrogen and oxygen atoms in total. The monoisotopic (exact) mass is 163 g/mol. The fraction of sp³-hybridized carbons (Fsp3) is 0.222. The lowest BCUT2D eigenvalue weighted by molar-refractivity contribution is 0.0370. The minimum atomic E-state index is -0.253. The Morgan fingerprint density at radius 2 is 2.17 bits per heavy atom. The molecular formula is C9H9NO2. The quantitative estimate of drug-likeness (QED) is 0.590. The minimum absolute atomic E-state index is 0.229. The molecule has 1 aliphatic heterocycles. The maximum atomic E-state index is 11.2. The molecule has 1 aromatic carbocycles. The Morgan fingerprint density at radius 1 is 1.42 bits per heavy atom. The van der Waals surface area contributed by atoms with Crippen molar-refractivity contribution in [1.29, 1.82) is 0 Å². The topological polar surface area (TPSA) is 38.3 Å². The first-order valence-electron chi connectivity index (χ1n) is 3.84. The fourth-order valence-corrected chi connectivity index (χ4v) is 1.26. The largest absolute Gasteiger partial charge is 0.438 e. The van der Waals surface area contributed by atoms with E-state index in [1.165, 1.54) is 0 Å². The van der Waals surface area contributed by atoms with Gasteiger partial charge in [0.05, 0.1) is 11.3 Å². The van der Waals surface area contributed by atoms with Gasteiger partial charge in [-0.3, -0.25) is 0 Å². The van der Waals surface area contributed by atoms with E-state index in [2.05, 4.69) is 5.32 Å². The summed E-state index contributed by atoms with van der Waals surface area (Å²) in [5, 5.41) is 3.05. The Morgan fingerprint density at radius 3 is 3.00 bits per heavy atom. The van der Waals surface area contributed by atoms with E-state index in [-0.39, 0.29) is 12.2 Å². The standard InChI is InChI=1S/C9H9NO2/c1-6-10-8-5-3-2-4-7(8)9(11)12-6/h2-6,10H,1H3/t6-/m1/s1. The number of fused-ring (bicyclic) bond motifs is 1. The first-order valence-corrected chi connectivity index (χ1v) is 3.84. The summed E-state index contributed by atoms with van der Waals surface area (Å²) in [5.74, 6) is -0.253. The first-order chi connectivity index (χ1) is 5.77. The summed E-state index contributed by atoms with van der Waals surface area (Å²) in [7, 11) is 0. The molecular weight excluding hydrogens is 154 g/mol. The van der Waals surface area contributed by atoms with Crippen molar-refractivity contribution >= 4 is 11.7 Å². The van der Waals surface area contributed by atoms with Gasteiger partial charge in [-0.25, -0.2) is 4.79 Å². The van der Waals surface area contributed by atoms with Crippen LogP contribution in [-0.4, -0.2) is 12.2 Å². The van der Waals surface area contributed by atoms with E-state index in [0.717, 1.165) is 5.69 Å². The van der Waals surface area contributed by atoms with Crippen LogP contribution < -0.4 is 5.32 Å². The van der Waals surface area contributed by atoms with Gasteiger partial charge < -0.3 is 10.1 Å². The van der Waals surface area contributed by atoms with Crippen LogP contribution in [0.3, 0.4) is 0 Å². The Kier molecular flexibility index (Phi) is 1.50. The van der Waals surface area contributed by atoms with Crippen molar-refractivity contribution in [3.8, 4) is 0 Å². The third kappa shape index (κ3) is 1.03. The van der Waals surface area contributed by atoms with Crippen molar-refractivity contribution in [2.45, 2.75) is 13.2 Å². The molecule has 0 fully saturated rings. The van der Waals surface area contributed by atoms with E-state index in [1.54, 1.807) is 13.0 Å². The number of esters is 1. The molecule has 0 saturated heterocycles. The normalized spacial score (nSPS) is 20.8. The van der Waals surface area contributed by atoms with Crippen LogP contribution in [0.5, 0.6) is 0 Å². The van der Waals surface area contributed by atoms with Crippen molar-refractivity contribution in [2.75, 3.05) is 5.32 Å². The second-order valence-electron chi connectivity index (χ2n) is 2.74. The van der Waals surface area contributed by atoms with Gasteiger partial charge in [-0.05, 0) is 19.1 Å². The number of hydrogen-bond donors (Lipinski definition) is 1. The van der Waals surface area contributed by atoms with Crippen LogP contribution in [0.2, 0.25) is 0 Å². The summed E-state index contributed by atoms with van der Waals surface area (Å²) in [6, 6.07) is 7.32. The molecule has 0 bridgehead atoms. The second kappa shape index (κ2) is 2.52. The molecule has 12 heavy (non-hydrogen) atoms. The minimum Gasteiger partial charge on any atom is -0.438 e. The number of hydrogen-bond acceptors (Lipinski definition) is 3. The highest BCUT2D eigenvalue weighted by Crippen LogP contribution is 2.21. The summed E-state index contributed by atoms with van der Waals surface area (Å²) in [6.07, 6.45) is -0.229. The van der Waals surface area contributed by atoms with Crippen molar-refractivity contribution in [2.24, 2.45) is 0 Å². The van der Waals surface area contributed by atoms with Gasteiger partial charge in [0, 0.05) is 0 Å². The van der Waals surface area contributed by atoms with Crippen LogP contribution in [0, 0.1) is 0 Å². The van der Waals surface area contributed by atoms with Gasteiger partial charge in [-0.1, -0.05) is 12.1 Å². The highest BCUT2D eigenvalue weighted by molar-refractivity contribution is 5.97. The Labute approximate surface area is 70.3 Å². The first kappa shape index (κ1) is 7.16. The predicted molar refractivity (Wildman–Crippen MR) is 44.9 cm³/mol. The zero-order valence-corrected chi connectivity index (χ0v) is 6.70. The van der Waals surface area contributed by atoms with Gasteiger partial charge in [0.1, 0.15) is 0 Å². The molecule has 0 radical (unpaired) electrons. The highest BCUT2D eigenvalue weighted by atomic mass is 16.6. The highest BCUT2D eigenvalue weighted by Gasteiger charge is 2.21. The lowest BCUT2D eigenvalue weighted by Crippen LogP contribution is -2.29. The Hall–Kier alpha value is -1.51. The number of cyclic esters (lactones) is 1. The van der Waals surface area contributed by atoms with Crippen molar-refractivity contribution in [3.05, 3.63) is 29.8 Å². The lowest BCUT2D eigenvalue weighted by atomic mass is 10.1. The average molecular weight is 163 g/mol. The number of benzene rings is 1. The number of nitrogens with one attached hydrogen (secondary N) is 1. The number of rotatable bonds is 0. The molecule has 2 rings (SSSR count). The van der Waals surface area contributed by atoms with Crippen molar-refractivity contribution < 1.29 is 9.53 Å². The molecule has 0 unspecified atom stereocenters. The van der Waals surface area contributed by atoms with E-state index in [4.69, 9.17) is 4.74 Å².